The Balaban J connectivity index is 2.23. The number of benzene rings is 1. The second-order valence-electron chi connectivity index (χ2n) is 3.89. The molecule has 0 bridgehead atoms. The first-order chi connectivity index (χ1) is 6.31. The smallest absolute Gasteiger partial charge is 0.136 e. The van der Waals surface area contributed by atoms with Gasteiger partial charge in [-0.05, 0) is 31.2 Å². The highest BCUT2D eigenvalue weighted by molar-refractivity contribution is 5.22. The molecule has 1 aromatic carbocycles. The van der Waals surface area contributed by atoms with Crippen molar-refractivity contribution in [3.05, 3.63) is 35.9 Å². The fourth-order valence-corrected chi connectivity index (χ4v) is 2.14. The third kappa shape index (κ3) is 1.74. The first-order valence-corrected chi connectivity index (χ1v) is 5.06. The summed E-state index contributed by atoms with van der Waals surface area (Å²) in [5.74, 6) is 0. The van der Waals surface area contributed by atoms with Gasteiger partial charge in [-0.25, -0.2) is 4.39 Å². The van der Waals surface area contributed by atoms with E-state index in [0.717, 1.165) is 18.4 Å². The van der Waals surface area contributed by atoms with Crippen LogP contribution in [0.25, 0.3) is 0 Å². The second kappa shape index (κ2) is 3.49. The molecule has 70 valence electrons. The van der Waals surface area contributed by atoms with Gasteiger partial charge in [0.2, 0.25) is 0 Å². The molecule has 0 aromatic heterocycles. The maximum absolute atomic E-state index is 14.3. The first kappa shape index (κ1) is 8.74. The van der Waals surface area contributed by atoms with Gasteiger partial charge >= 0.3 is 0 Å². The highest BCUT2D eigenvalue weighted by Gasteiger charge is 2.32. The summed E-state index contributed by atoms with van der Waals surface area (Å²) in [4.78, 5) is 0. The Hall–Kier alpha value is -0.850. The van der Waals surface area contributed by atoms with Crippen LogP contribution in [-0.2, 0) is 5.67 Å². The zero-order valence-corrected chi connectivity index (χ0v) is 7.80. The minimum absolute atomic E-state index is 0.705. The fraction of sp³-hybridized carbons (Fsp3) is 0.500. The standard InChI is InChI=1S/C12H15F/c13-12(9-5-2-6-10-12)11-7-3-1-4-8-11/h1,3-4,7-8H,2,5-6,9-10H2. The van der Waals surface area contributed by atoms with Crippen molar-refractivity contribution < 1.29 is 4.39 Å². The Morgan fingerprint density at radius 1 is 0.923 bits per heavy atom. The first-order valence-electron chi connectivity index (χ1n) is 5.06. The van der Waals surface area contributed by atoms with Gasteiger partial charge in [-0.2, -0.15) is 0 Å². The van der Waals surface area contributed by atoms with Crippen LogP contribution in [0.15, 0.2) is 30.3 Å². The van der Waals surface area contributed by atoms with Crippen molar-refractivity contribution in [1.29, 1.82) is 0 Å². The van der Waals surface area contributed by atoms with E-state index in [2.05, 4.69) is 0 Å². The summed E-state index contributed by atoms with van der Waals surface area (Å²) in [5, 5.41) is 0. The predicted molar refractivity (Wildman–Crippen MR) is 52.3 cm³/mol. The van der Waals surface area contributed by atoms with Gasteiger partial charge in [0.05, 0.1) is 0 Å². The Bertz CT molecular complexity index is 260. The molecule has 13 heavy (non-hydrogen) atoms. The van der Waals surface area contributed by atoms with E-state index < -0.39 is 5.67 Å². The molecule has 0 saturated heterocycles. The van der Waals surface area contributed by atoms with Gasteiger partial charge in [-0.3, -0.25) is 0 Å². The summed E-state index contributed by atoms with van der Waals surface area (Å²) in [7, 11) is 0. The molecule has 0 atom stereocenters. The van der Waals surface area contributed by atoms with Gasteiger partial charge in [-0.1, -0.05) is 36.8 Å². The lowest BCUT2D eigenvalue weighted by Gasteiger charge is -2.29. The molecule has 1 aliphatic carbocycles. The second-order valence-corrected chi connectivity index (χ2v) is 3.89. The van der Waals surface area contributed by atoms with E-state index >= 15 is 0 Å². The van der Waals surface area contributed by atoms with Crippen LogP contribution in [0.2, 0.25) is 0 Å². The SMILES string of the molecule is FC1(c2ccccc2)CCCCC1. The molecule has 0 aliphatic heterocycles. The van der Waals surface area contributed by atoms with Crippen LogP contribution in [-0.4, -0.2) is 0 Å². The van der Waals surface area contributed by atoms with Crippen molar-refractivity contribution in [2.24, 2.45) is 0 Å². The molecule has 2 rings (SSSR count). The Kier molecular flexibility index (Phi) is 2.34. The quantitative estimate of drug-likeness (QED) is 0.613. The van der Waals surface area contributed by atoms with E-state index in [9.17, 15) is 4.39 Å². The number of hydrogen-bond acceptors (Lipinski definition) is 0. The lowest BCUT2D eigenvalue weighted by atomic mass is 9.81. The zero-order valence-electron chi connectivity index (χ0n) is 7.80. The lowest BCUT2D eigenvalue weighted by molar-refractivity contribution is 0.106. The summed E-state index contributed by atoms with van der Waals surface area (Å²) in [6.07, 6.45) is 4.67. The van der Waals surface area contributed by atoms with Crippen LogP contribution in [0.3, 0.4) is 0 Å². The minimum Gasteiger partial charge on any atom is -0.239 e. The van der Waals surface area contributed by atoms with Crippen LogP contribution in [0.1, 0.15) is 37.7 Å². The van der Waals surface area contributed by atoms with E-state index in [1.54, 1.807) is 0 Å². The van der Waals surface area contributed by atoms with Gasteiger partial charge in [0.1, 0.15) is 5.67 Å². The Morgan fingerprint density at radius 2 is 1.54 bits per heavy atom. The molecule has 0 spiro atoms. The van der Waals surface area contributed by atoms with E-state index in [0.29, 0.717) is 12.8 Å². The van der Waals surface area contributed by atoms with Crippen molar-refractivity contribution in [2.75, 3.05) is 0 Å². The third-order valence-electron chi connectivity index (χ3n) is 2.94. The monoisotopic (exact) mass is 178 g/mol. The molecule has 0 heterocycles. The molecule has 1 aromatic rings. The maximum Gasteiger partial charge on any atom is 0.136 e. The van der Waals surface area contributed by atoms with Gasteiger partial charge in [0, 0.05) is 0 Å². The van der Waals surface area contributed by atoms with E-state index in [1.165, 1.54) is 6.42 Å². The van der Waals surface area contributed by atoms with Crippen LogP contribution in [0.4, 0.5) is 4.39 Å². The maximum atomic E-state index is 14.3. The normalized spacial score (nSPS) is 21.3. The van der Waals surface area contributed by atoms with E-state index in [1.807, 2.05) is 30.3 Å². The molecule has 1 saturated carbocycles. The van der Waals surface area contributed by atoms with Crippen molar-refractivity contribution in [2.45, 2.75) is 37.8 Å². The van der Waals surface area contributed by atoms with Crippen molar-refractivity contribution in [1.82, 2.24) is 0 Å². The van der Waals surface area contributed by atoms with E-state index in [-0.39, 0.29) is 0 Å². The molecule has 0 amide bonds. The largest absolute Gasteiger partial charge is 0.239 e. The third-order valence-corrected chi connectivity index (χ3v) is 2.94. The topological polar surface area (TPSA) is 0 Å². The van der Waals surface area contributed by atoms with Crippen LogP contribution < -0.4 is 0 Å². The number of alkyl halides is 1. The molecular formula is C12H15F. The zero-order chi connectivity index (χ0) is 9.15. The Labute approximate surface area is 78.8 Å². The van der Waals surface area contributed by atoms with Crippen molar-refractivity contribution in [3.8, 4) is 0 Å². The molecule has 1 fully saturated rings. The number of halogens is 1. The Morgan fingerprint density at radius 3 is 2.15 bits per heavy atom. The van der Waals surface area contributed by atoms with Crippen molar-refractivity contribution in [3.63, 3.8) is 0 Å². The lowest BCUT2D eigenvalue weighted by Crippen LogP contribution is -2.23. The van der Waals surface area contributed by atoms with Crippen molar-refractivity contribution >= 4 is 0 Å². The summed E-state index contributed by atoms with van der Waals surface area (Å²) in [5.41, 5.74) is -0.158. The fourth-order valence-electron chi connectivity index (χ4n) is 2.14. The van der Waals surface area contributed by atoms with Crippen LogP contribution in [0.5, 0.6) is 0 Å². The summed E-state index contributed by atoms with van der Waals surface area (Å²) in [6, 6.07) is 9.60. The van der Waals surface area contributed by atoms with Gasteiger partial charge in [0.25, 0.3) is 0 Å². The molecule has 0 radical (unpaired) electrons. The van der Waals surface area contributed by atoms with Gasteiger partial charge in [-0.15, -0.1) is 0 Å². The van der Waals surface area contributed by atoms with Crippen LogP contribution >= 0.6 is 0 Å². The molecule has 1 aliphatic rings. The predicted octanol–water partition coefficient (Wildman–Crippen LogP) is 3.82. The number of rotatable bonds is 1. The minimum atomic E-state index is -1.03. The number of hydrogen-bond donors (Lipinski definition) is 0. The average molecular weight is 178 g/mol. The highest BCUT2D eigenvalue weighted by atomic mass is 19.1. The molecular weight excluding hydrogens is 163 g/mol. The van der Waals surface area contributed by atoms with Gasteiger partial charge in [0.15, 0.2) is 0 Å². The van der Waals surface area contributed by atoms with E-state index in [4.69, 9.17) is 0 Å². The highest BCUT2D eigenvalue weighted by Crippen LogP contribution is 2.40. The average Bonchev–Trinajstić information content (AvgIpc) is 2.20. The summed E-state index contributed by atoms with van der Waals surface area (Å²) >= 11 is 0. The molecule has 0 nitrogen and oxygen atoms in total. The summed E-state index contributed by atoms with van der Waals surface area (Å²) < 4.78 is 14.3. The molecule has 0 N–H and O–H groups in total. The molecule has 1 heteroatoms. The summed E-state index contributed by atoms with van der Waals surface area (Å²) in [6.45, 7) is 0. The molecule has 0 unspecified atom stereocenters. The van der Waals surface area contributed by atoms with Gasteiger partial charge < -0.3 is 0 Å². The van der Waals surface area contributed by atoms with Crippen LogP contribution in [0, 0.1) is 0 Å².